The molecule has 0 radical (unpaired) electrons. The first-order valence-electron chi connectivity index (χ1n) is 5.82. The van der Waals surface area contributed by atoms with E-state index in [4.69, 9.17) is 4.42 Å². The zero-order valence-electron chi connectivity index (χ0n) is 10.2. The second-order valence-electron chi connectivity index (χ2n) is 4.02. The van der Waals surface area contributed by atoms with Crippen molar-refractivity contribution in [2.24, 2.45) is 5.10 Å². The molecule has 3 rings (SSSR count). The maximum absolute atomic E-state index is 5.40. The summed E-state index contributed by atoms with van der Waals surface area (Å²) in [6, 6.07) is 11.7. The summed E-state index contributed by atoms with van der Waals surface area (Å²) in [4.78, 5) is 4.35. The minimum absolute atomic E-state index is 0.643. The van der Waals surface area contributed by atoms with Crippen molar-refractivity contribution in [3.63, 3.8) is 0 Å². The molecule has 0 fully saturated rings. The Morgan fingerprint density at radius 2 is 2.05 bits per heavy atom. The lowest BCUT2D eigenvalue weighted by Crippen LogP contribution is -1.92. The van der Waals surface area contributed by atoms with Gasteiger partial charge in [0, 0.05) is 17.6 Å². The summed E-state index contributed by atoms with van der Waals surface area (Å²) in [5.41, 5.74) is 4.72. The van der Waals surface area contributed by atoms with Crippen molar-refractivity contribution in [3.8, 4) is 0 Å². The molecule has 0 saturated heterocycles. The summed E-state index contributed by atoms with van der Waals surface area (Å²) < 4.78 is 6.90. The van der Waals surface area contributed by atoms with Gasteiger partial charge in [0.25, 0.3) is 0 Å². The predicted octanol–water partition coefficient (Wildman–Crippen LogP) is 4.80. The van der Waals surface area contributed by atoms with Crippen LogP contribution in [-0.4, -0.2) is 11.2 Å². The first-order chi connectivity index (χ1) is 9.74. The quantitative estimate of drug-likeness (QED) is 0.512. The van der Waals surface area contributed by atoms with Gasteiger partial charge in [0.15, 0.2) is 4.67 Å². The van der Waals surface area contributed by atoms with Crippen molar-refractivity contribution in [2.75, 3.05) is 5.43 Å². The number of fused-ring (bicyclic) bond motifs is 1. The first kappa shape index (κ1) is 13.3. The molecule has 2 heterocycles. The molecule has 0 aliphatic rings. The summed E-state index contributed by atoms with van der Waals surface area (Å²) in [7, 11) is 0. The van der Waals surface area contributed by atoms with E-state index in [0.717, 1.165) is 21.1 Å². The third-order valence-electron chi connectivity index (χ3n) is 2.67. The fourth-order valence-electron chi connectivity index (χ4n) is 1.79. The molecule has 0 aliphatic carbocycles. The molecule has 20 heavy (non-hydrogen) atoms. The van der Waals surface area contributed by atoms with Crippen LogP contribution in [0.4, 0.5) is 5.69 Å². The molecule has 0 spiro atoms. The summed E-state index contributed by atoms with van der Waals surface area (Å²) in [6.45, 7) is 0. The van der Waals surface area contributed by atoms with Gasteiger partial charge in [-0.3, -0.25) is 10.4 Å². The molecule has 100 valence electrons. The van der Waals surface area contributed by atoms with Crippen LogP contribution in [0.2, 0.25) is 0 Å². The third kappa shape index (κ3) is 2.76. The van der Waals surface area contributed by atoms with E-state index in [1.807, 2.05) is 36.4 Å². The minimum atomic E-state index is 0.643. The standard InChI is InChI=1S/C14H9Br2N3O/c15-11-7-10(20-14(11)16)8-18-19-12-5-1-3-9-4-2-6-17-13(9)12/h1-8,19H. The number of hydrogen-bond acceptors (Lipinski definition) is 4. The van der Waals surface area contributed by atoms with Crippen LogP contribution in [0.1, 0.15) is 5.76 Å². The molecule has 6 heteroatoms. The second kappa shape index (κ2) is 5.76. The van der Waals surface area contributed by atoms with Gasteiger partial charge in [-0.2, -0.15) is 5.10 Å². The number of anilines is 1. The fourth-order valence-corrected chi connectivity index (χ4v) is 2.39. The molecule has 3 aromatic rings. The Balaban J connectivity index is 1.83. The van der Waals surface area contributed by atoms with E-state index in [1.54, 1.807) is 12.4 Å². The van der Waals surface area contributed by atoms with Crippen LogP contribution in [0, 0.1) is 0 Å². The van der Waals surface area contributed by atoms with Gasteiger partial charge in [0.2, 0.25) is 0 Å². The Morgan fingerprint density at radius 1 is 1.20 bits per heavy atom. The lowest BCUT2D eigenvalue weighted by molar-refractivity contribution is 0.533. The smallest absolute Gasteiger partial charge is 0.184 e. The topological polar surface area (TPSA) is 50.4 Å². The first-order valence-corrected chi connectivity index (χ1v) is 7.40. The normalized spacial score (nSPS) is 11.3. The molecular formula is C14H9Br2N3O. The molecule has 0 aliphatic heterocycles. The summed E-state index contributed by atoms with van der Waals surface area (Å²) >= 11 is 6.63. The molecule has 2 aromatic heterocycles. The van der Waals surface area contributed by atoms with Crippen LogP contribution in [0.5, 0.6) is 0 Å². The highest BCUT2D eigenvalue weighted by Gasteiger charge is 2.03. The van der Waals surface area contributed by atoms with E-state index < -0.39 is 0 Å². The Kier molecular flexibility index (Phi) is 3.84. The van der Waals surface area contributed by atoms with E-state index in [1.165, 1.54) is 0 Å². The lowest BCUT2D eigenvalue weighted by atomic mass is 10.2. The number of hydrazone groups is 1. The van der Waals surface area contributed by atoms with Crippen LogP contribution in [-0.2, 0) is 0 Å². The molecule has 0 bridgehead atoms. The predicted molar refractivity (Wildman–Crippen MR) is 87.1 cm³/mol. The number of halogens is 2. The zero-order valence-corrected chi connectivity index (χ0v) is 13.3. The van der Waals surface area contributed by atoms with Crippen molar-refractivity contribution in [3.05, 3.63) is 57.5 Å². The molecule has 1 aromatic carbocycles. The maximum Gasteiger partial charge on any atom is 0.184 e. The van der Waals surface area contributed by atoms with Gasteiger partial charge < -0.3 is 4.42 Å². The largest absolute Gasteiger partial charge is 0.447 e. The molecule has 0 atom stereocenters. The lowest BCUT2D eigenvalue weighted by Gasteiger charge is -2.03. The van der Waals surface area contributed by atoms with Gasteiger partial charge in [-0.1, -0.05) is 18.2 Å². The van der Waals surface area contributed by atoms with Crippen LogP contribution in [0.25, 0.3) is 10.9 Å². The number of aromatic nitrogens is 1. The number of furan rings is 1. The molecular weight excluding hydrogens is 386 g/mol. The highest BCUT2D eigenvalue weighted by atomic mass is 79.9. The Hall–Kier alpha value is -1.66. The molecule has 4 nitrogen and oxygen atoms in total. The Bertz CT molecular complexity index is 758. The van der Waals surface area contributed by atoms with E-state index in [0.29, 0.717) is 10.4 Å². The van der Waals surface area contributed by atoms with Crippen molar-refractivity contribution in [1.82, 2.24) is 4.98 Å². The molecule has 0 unspecified atom stereocenters. The van der Waals surface area contributed by atoms with E-state index in [-0.39, 0.29) is 0 Å². The van der Waals surface area contributed by atoms with Crippen LogP contribution in [0.15, 0.2) is 61.3 Å². The minimum Gasteiger partial charge on any atom is -0.447 e. The van der Waals surface area contributed by atoms with Crippen molar-refractivity contribution >= 4 is 54.7 Å². The summed E-state index contributed by atoms with van der Waals surface area (Å²) in [6.07, 6.45) is 3.37. The maximum atomic E-state index is 5.40. The zero-order chi connectivity index (χ0) is 13.9. The average Bonchev–Trinajstić information content (AvgIpc) is 2.78. The SMILES string of the molecule is Brc1cc(C=NNc2cccc3cccnc23)oc1Br. The molecule has 1 N–H and O–H groups in total. The number of rotatable bonds is 3. The van der Waals surface area contributed by atoms with Crippen LogP contribution < -0.4 is 5.43 Å². The highest BCUT2D eigenvalue weighted by Crippen LogP contribution is 2.26. The fraction of sp³-hybridized carbons (Fsp3) is 0. The monoisotopic (exact) mass is 393 g/mol. The van der Waals surface area contributed by atoms with Crippen molar-refractivity contribution in [1.29, 1.82) is 0 Å². The molecule has 0 saturated carbocycles. The number of benzene rings is 1. The van der Waals surface area contributed by atoms with Gasteiger partial charge in [-0.05, 0) is 44.0 Å². The van der Waals surface area contributed by atoms with Crippen LogP contribution in [0.3, 0.4) is 0 Å². The number of nitrogens with one attached hydrogen (secondary N) is 1. The molecule has 0 amide bonds. The van der Waals surface area contributed by atoms with Gasteiger partial charge in [-0.25, -0.2) is 0 Å². The van der Waals surface area contributed by atoms with Gasteiger partial charge >= 0.3 is 0 Å². The van der Waals surface area contributed by atoms with E-state index >= 15 is 0 Å². The van der Waals surface area contributed by atoms with Gasteiger partial charge in [0.05, 0.1) is 21.9 Å². The van der Waals surface area contributed by atoms with E-state index in [9.17, 15) is 0 Å². The Morgan fingerprint density at radius 3 is 2.85 bits per heavy atom. The third-order valence-corrected chi connectivity index (χ3v) is 4.38. The summed E-state index contributed by atoms with van der Waals surface area (Å²) in [5, 5.41) is 5.23. The summed E-state index contributed by atoms with van der Waals surface area (Å²) in [5.74, 6) is 0.643. The number of pyridine rings is 1. The Labute approximate surface area is 132 Å². The van der Waals surface area contributed by atoms with Gasteiger partial charge in [0.1, 0.15) is 5.76 Å². The second-order valence-corrected chi connectivity index (χ2v) is 5.60. The van der Waals surface area contributed by atoms with Gasteiger partial charge in [-0.15, -0.1) is 0 Å². The van der Waals surface area contributed by atoms with Crippen molar-refractivity contribution < 1.29 is 4.42 Å². The van der Waals surface area contributed by atoms with Crippen LogP contribution >= 0.6 is 31.9 Å². The number of hydrogen-bond donors (Lipinski definition) is 1. The average molecular weight is 395 g/mol. The number of nitrogens with zero attached hydrogens (tertiary/aromatic N) is 2. The van der Waals surface area contributed by atoms with Crippen molar-refractivity contribution in [2.45, 2.75) is 0 Å². The van der Waals surface area contributed by atoms with E-state index in [2.05, 4.69) is 47.4 Å². The number of para-hydroxylation sites is 1. The highest BCUT2D eigenvalue weighted by molar-refractivity contribution is 9.13.